The van der Waals surface area contributed by atoms with Crippen LogP contribution in [0, 0.1) is 12.8 Å². The summed E-state index contributed by atoms with van der Waals surface area (Å²) in [6, 6.07) is 13.2. The maximum Gasteiger partial charge on any atom is 0.251 e. The molecule has 5 nitrogen and oxygen atoms in total. The number of nitrogens with zero attached hydrogens (tertiary/aromatic N) is 2. The van der Waals surface area contributed by atoms with Crippen molar-refractivity contribution in [3.8, 4) is 0 Å². The SMILES string of the molecule is Cc1ccc(CN2C[C@@H](CO)[C@H](NC(=O)c3ccccc3)C2)nc1. The molecule has 1 fully saturated rings. The third-order valence-corrected chi connectivity index (χ3v) is 4.46. The van der Waals surface area contributed by atoms with E-state index in [0.717, 1.165) is 30.9 Å². The van der Waals surface area contributed by atoms with Crippen molar-refractivity contribution in [3.05, 3.63) is 65.5 Å². The second-order valence-electron chi connectivity index (χ2n) is 6.41. The minimum absolute atomic E-state index is 0.0445. The Labute approximate surface area is 142 Å². The zero-order valence-electron chi connectivity index (χ0n) is 13.9. The van der Waals surface area contributed by atoms with Gasteiger partial charge in [0.25, 0.3) is 5.91 Å². The molecule has 24 heavy (non-hydrogen) atoms. The molecule has 0 radical (unpaired) electrons. The monoisotopic (exact) mass is 325 g/mol. The number of aliphatic hydroxyl groups is 1. The molecule has 1 aliphatic rings. The number of benzene rings is 1. The van der Waals surface area contributed by atoms with Crippen LogP contribution in [0.3, 0.4) is 0 Å². The Hall–Kier alpha value is -2.24. The number of carbonyl (C=O) groups excluding carboxylic acids is 1. The zero-order valence-corrected chi connectivity index (χ0v) is 13.9. The minimum atomic E-state index is -0.0886. The lowest BCUT2D eigenvalue weighted by molar-refractivity contribution is 0.0921. The van der Waals surface area contributed by atoms with Crippen LogP contribution in [0.15, 0.2) is 48.7 Å². The molecule has 2 aromatic rings. The Kier molecular flexibility index (Phi) is 5.23. The maximum absolute atomic E-state index is 12.3. The van der Waals surface area contributed by atoms with Gasteiger partial charge in [-0.2, -0.15) is 0 Å². The fourth-order valence-corrected chi connectivity index (χ4v) is 3.10. The standard InChI is InChI=1S/C19H23N3O2/c1-14-7-8-17(20-9-14)11-22-10-16(13-23)18(12-22)21-19(24)15-5-3-2-4-6-15/h2-9,16,18,23H,10-13H2,1H3,(H,21,24)/t16-,18+/m0/s1. The molecule has 2 heterocycles. The number of pyridine rings is 1. The van der Waals surface area contributed by atoms with E-state index in [1.54, 1.807) is 12.1 Å². The van der Waals surface area contributed by atoms with Gasteiger partial charge in [-0.05, 0) is 30.7 Å². The third-order valence-electron chi connectivity index (χ3n) is 4.46. The number of amides is 1. The number of hydrogen-bond donors (Lipinski definition) is 2. The summed E-state index contributed by atoms with van der Waals surface area (Å²) in [5, 5.41) is 12.7. The second kappa shape index (κ2) is 7.55. The maximum atomic E-state index is 12.3. The minimum Gasteiger partial charge on any atom is -0.396 e. The van der Waals surface area contributed by atoms with Gasteiger partial charge in [0.05, 0.1) is 5.69 Å². The van der Waals surface area contributed by atoms with E-state index in [9.17, 15) is 9.90 Å². The molecule has 2 atom stereocenters. The number of likely N-dealkylation sites (tertiary alicyclic amines) is 1. The predicted octanol–water partition coefficient (Wildman–Crippen LogP) is 1.61. The van der Waals surface area contributed by atoms with E-state index in [4.69, 9.17) is 0 Å². The van der Waals surface area contributed by atoms with Crippen LogP contribution < -0.4 is 5.32 Å². The van der Waals surface area contributed by atoms with E-state index in [1.165, 1.54) is 0 Å². The summed E-state index contributed by atoms with van der Waals surface area (Å²) in [5.74, 6) is -0.0440. The molecule has 1 saturated heterocycles. The van der Waals surface area contributed by atoms with Crippen LogP contribution in [0.25, 0.3) is 0 Å². The van der Waals surface area contributed by atoms with E-state index in [1.807, 2.05) is 37.4 Å². The van der Waals surface area contributed by atoms with E-state index < -0.39 is 0 Å². The van der Waals surface area contributed by atoms with Gasteiger partial charge in [-0.1, -0.05) is 24.3 Å². The van der Waals surface area contributed by atoms with E-state index in [0.29, 0.717) is 5.56 Å². The van der Waals surface area contributed by atoms with Crippen LogP contribution in [-0.4, -0.2) is 46.6 Å². The first kappa shape index (κ1) is 16.6. The molecular weight excluding hydrogens is 302 g/mol. The first-order chi connectivity index (χ1) is 11.7. The highest BCUT2D eigenvalue weighted by Gasteiger charge is 2.33. The number of carbonyl (C=O) groups is 1. The summed E-state index contributed by atoms with van der Waals surface area (Å²) in [6.07, 6.45) is 1.86. The van der Waals surface area contributed by atoms with Crippen molar-refractivity contribution in [2.75, 3.05) is 19.7 Å². The van der Waals surface area contributed by atoms with Crippen molar-refractivity contribution in [2.45, 2.75) is 19.5 Å². The summed E-state index contributed by atoms with van der Waals surface area (Å²) in [4.78, 5) is 19.0. The lowest BCUT2D eigenvalue weighted by Crippen LogP contribution is -2.41. The average Bonchev–Trinajstić information content (AvgIpc) is 2.99. The van der Waals surface area contributed by atoms with Crippen LogP contribution in [0.4, 0.5) is 0 Å². The summed E-state index contributed by atoms with van der Waals surface area (Å²) in [7, 11) is 0. The van der Waals surface area contributed by atoms with E-state index >= 15 is 0 Å². The third kappa shape index (κ3) is 3.99. The molecule has 2 N–H and O–H groups in total. The molecule has 3 rings (SSSR count). The van der Waals surface area contributed by atoms with Crippen molar-refractivity contribution in [2.24, 2.45) is 5.92 Å². The van der Waals surface area contributed by atoms with E-state index in [-0.39, 0.29) is 24.5 Å². The summed E-state index contributed by atoms with van der Waals surface area (Å²) in [5.41, 5.74) is 2.79. The highest BCUT2D eigenvalue weighted by Crippen LogP contribution is 2.19. The average molecular weight is 325 g/mol. The van der Waals surface area contributed by atoms with Crippen molar-refractivity contribution in [3.63, 3.8) is 0 Å². The predicted molar refractivity (Wildman–Crippen MR) is 92.5 cm³/mol. The Morgan fingerprint density at radius 1 is 1.25 bits per heavy atom. The van der Waals surface area contributed by atoms with Crippen molar-refractivity contribution in [1.82, 2.24) is 15.2 Å². The molecule has 5 heteroatoms. The topological polar surface area (TPSA) is 65.5 Å². The Morgan fingerprint density at radius 3 is 2.71 bits per heavy atom. The Bertz CT molecular complexity index is 673. The van der Waals surface area contributed by atoms with Gasteiger partial charge < -0.3 is 10.4 Å². The van der Waals surface area contributed by atoms with Crippen molar-refractivity contribution >= 4 is 5.91 Å². The first-order valence-corrected chi connectivity index (χ1v) is 8.26. The van der Waals surface area contributed by atoms with Gasteiger partial charge in [0.2, 0.25) is 0 Å². The summed E-state index contributed by atoms with van der Waals surface area (Å²) in [6.45, 7) is 4.29. The molecule has 0 spiro atoms. The van der Waals surface area contributed by atoms with Crippen LogP contribution in [0.5, 0.6) is 0 Å². The smallest absolute Gasteiger partial charge is 0.251 e. The molecule has 0 saturated carbocycles. The van der Waals surface area contributed by atoms with E-state index in [2.05, 4.69) is 21.3 Å². The highest BCUT2D eigenvalue weighted by atomic mass is 16.3. The van der Waals surface area contributed by atoms with Crippen molar-refractivity contribution < 1.29 is 9.90 Å². The zero-order chi connectivity index (χ0) is 16.9. The number of rotatable bonds is 5. The number of nitrogens with one attached hydrogen (secondary N) is 1. The second-order valence-corrected chi connectivity index (χ2v) is 6.41. The fourth-order valence-electron chi connectivity index (χ4n) is 3.10. The first-order valence-electron chi connectivity index (χ1n) is 8.26. The number of aromatic nitrogens is 1. The largest absolute Gasteiger partial charge is 0.396 e. The van der Waals surface area contributed by atoms with Gasteiger partial charge in [-0.3, -0.25) is 14.7 Å². The van der Waals surface area contributed by atoms with Crippen LogP contribution in [0.1, 0.15) is 21.6 Å². The number of hydrogen-bond acceptors (Lipinski definition) is 4. The normalized spacial score (nSPS) is 20.9. The Morgan fingerprint density at radius 2 is 2.04 bits per heavy atom. The quantitative estimate of drug-likeness (QED) is 0.877. The summed E-state index contributed by atoms with van der Waals surface area (Å²) < 4.78 is 0. The lowest BCUT2D eigenvalue weighted by Gasteiger charge is -2.18. The van der Waals surface area contributed by atoms with Gasteiger partial charge in [0.15, 0.2) is 0 Å². The number of aliphatic hydroxyl groups excluding tert-OH is 1. The molecule has 1 aliphatic heterocycles. The van der Waals surface area contributed by atoms with Crippen LogP contribution in [-0.2, 0) is 6.54 Å². The molecule has 126 valence electrons. The molecule has 0 unspecified atom stereocenters. The van der Waals surface area contributed by atoms with Crippen LogP contribution >= 0.6 is 0 Å². The van der Waals surface area contributed by atoms with Gasteiger partial charge in [0, 0.05) is 50.0 Å². The number of aryl methyl sites for hydroxylation is 1. The van der Waals surface area contributed by atoms with Gasteiger partial charge in [0.1, 0.15) is 0 Å². The molecule has 1 aromatic heterocycles. The van der Waals surface area contributed by atoms with Gasteiger partial charge in [-0.25, -0.2) is 0 Å². The fraction of sp³-hybridized carbons (Fsp3) is 0.368. The van der Waals surface area contributed by atoms with Gasteiger partial charge in [-0.15, -0.1) is 0 Å². The summed E-state index contributed by atoms with van der Waals surface area (Å²) >= 11 is 0. The highest BCUT2D eigenvalue weighted by molar-refractivity contribution is 5.94. The molecule has 0 aliphatic carbocycles. The van der Waals surface area contributed by atoms with Crippen molar-refractivity contribution in [1.29, 1.82) is 0 Å². The molecule has 1 aromatic carbocycles. The Balaban J connectivity index is 1.62. The van der Waals surface area contributed by atoms with Gasteiger partial charge >= 0.3 is 0 Å². The molecular formula is C19H23N3O2. The van der Waals surface area contributed by atoms with Crippen LogP contribution in [0.2, 0.25) is 0 Å². The molecule has 0 bridgehead atoms. The molecule has 1 amide bonds. The lowest BCUT2D eigenvalue weighted by atomic mass is 10.0.